The number of imidazole rings is 1. The van der Waals surface area contributed by atoms with E-state index in [2.05, 4.69) is 49.7 Å². The van der Waals surface area contributed by atoms with Crippen LogP contribution in [0.4, 0.5) is 5.82 Å². The molecule has 0 radical (unpaired) electrons. The average molecular weight is 623 g/mol. The third-order valence-corrected chi connectivity index (χ3v) is 8.01. The number of fused-ring (bicyclic) bond motifs is 1. The molecule has 2 aromatic heterocycles. The van der Waals surface area contributed by atoms with E-state index in [1.807, 2.05) is 0 Å². The number of nitrogens with one attached hydrogen (secondary N) is 5. The standard InChI is InChI=1S/C30H51N7O7/c1-19(2)13-11-9-7-5-3-4-6-8-10-12-14-21(40)31-15-22(41)36-23-25(42)26(43)30(44-27(23)20(39)16-38)37-29-24-28(33-17-32-24)34-18-35-29/h17-20,23,25-27,30,38-39,42-43H,3-16H2,1-2H3,(H,31,40)(H,36,41)(H2,32,33,34,35,37)/p+1. The fourth-order valence-electron chi connectivity index (χ4n) is 5.45. The molecule has 44 heavy (non-hydrogen) atoms. The molecular formula is C30H52N7O7+. The van der Waals surface area contributed by atoms with Crippen LogP contribution in [0, 0.1) is 5.92 Å². The largest absolute Gasteiger partial charge is 0.394 e. The van der Waals surface area contributed by atoms with Crippen LogP contribution in [0.15, 0.2) is 12.7 Å². The number of aliphatic hydroxyl groups is 4. The summed E-state index contributed by atoms with van der Waals surface area (Å²) < 4.78 is 5.81. The quantitative estimate of drug-likeness (QED) is 0.0977. The number of aliphatic hydroxyl groups excluding tert-OH is 4. The van der Waals surface area contributed by atoms with Crippen LogP contribution in [0.3, 0.4) is 0 Å². The Hall–Kier alpha value is -2.91. The summed E-state index contributed by atoms with van der Waals surface area (Å²) in [5.74, 6) is 0.261. The van der Waals surface area contributed by atoms with Crippen molar-refractivity contribution in [3.05, 3.63) is 12.7 Å². The molecule has 14 heteroatoms. The van der Waals surface area contributed by atoms with Gasteiger partial charge in [0.1, 0.15) is 24.4 Å². The Morgan fingerprint density at radius 1 is 0.977 bits per heavy atom. The molecule has 0 aromatic carbocycles. The van der Waals surface area contributed by atoms with Gasteiger partial charge >= 0.3 is 0 Å². The number of unbranched alkanes of at least 4 members (excludes halogenated alkanes) is 9. The van der Waals surface area contributed by atoms with E-state index in [9.17, 15) is 30.0 Å². The zero-order chi connectivity index (χ0) is 31.9. The topological polar surface area (TPSA) is 216 Å². The molecule has 0 saturated carbocycles. The molecule has 1 aliphatic heterocycles. The first-order valence-corrected chi connectivity index (χ1v) is 16.0. The maximum atomic E-state index is 12.6. The van der Waals surface area contributed by atoms with Gasteiger partial charge in [-0.25, -0.2) is 9.97 Å². The van der Waals surface area contributed by atoms with Gasteiger partial charge in [-0.05, 0) is 12.3 Å². The minimum atomic E-state index is -1.57. The van der Waals surface area contributed by atoms with Gasteiger partial charge < -0.3 is 40.8 Å². The number of amides is 2. The van der Waals surface area contributed by atoms with Gasteiger partial charge in [-0.1, -0.05) is 83.0 Å². The lowest BCUT2D eigenvalue weighted by molar-refractivity contribution is -0.365. The number of aromatic amines is 2. The molecular weight excluding hydrogens is 570 g/mol. The minimum absolute atomic E-state index is 0.253. The Bertz CT molecular complexity index is 1130. The SMILES string of the molecule is CC(C)CCCCCCCCCCCCC(=O)NCC(=O)NC1C(O)C(O)C(Nc2[nH+]cnc3nc[nH]c23)OC1C(O)CO. The molecule has 3 rings (SSSR count). The van der Waals surface area contributed by atoms with Crippen molar-refractivity contribution in [2.24, 2.45) is 5.92 Å². The number of aromatic nitrogens is 4. The van der Waals surface area contributed by atoms with E-state index in [0.717, 1.165) is 25.2 Å². The minimum Gasteiger partial charge on any atom is -0.394 e. The molecule has 3 heterocycles. The molecule has 0 spiro atoms. The molecule has 9 N–H and O–H groups in total. The molecule has 248 valence electrons. The Balaban J connectivity index is 1.35. The number of hydrogen-bond acceptors (Lipinski definition) is 10. The molecule has 6 unspecified atom stereocenters. The summed E-state index contributed by atoms with van der Waals surface area (Å²) in [6.45, 7) is 3.48. The highest BCUT2D eigenvalue weighted by molar-refractivity contribution is 5.85. The lowest BCUT2D eigenvalue weighted by atomic mass is 9.92. The summed E-state index contributed by atoms with van der Waals surface area (Å²) in [6, 6.07) is -1.26. The van der Waals surface area contributed by atoms with Gasteiger partial charge in [0.25, 0.3) is 11.5 Å². The van der Waals surface area contributed by atoms with Gasteiger partial charge in [-0.2, -0.15) is 0 Å². The molecule has 14 nitrogen and oxygen atoms in total. The van der Waals surface area contributed by atoms with Crippen LogP contribution in [-0.2, 0) is 14.3 Å². The smallest absolute Gasteiger partial charge is 0.260 e. The molecule has 2 amide bonds. The lowest BCUT2D eigenvalue weighted by Crippen LogP contribution is -2.68. The maximum absolute atomic E-state index is 12.6. The first-order chi connectivity index (χ1) is 21.2. The fraction of sp³-hybridized carbons (Fsp3) is 0.767. The van der Waals surface area contributed by atoms with Crippen molar-refractivity contribution >= 4 is 28.8 Å². The van der Waals surface area contributed by atoms with Crippen LogP contribution >= 0.6 is 0 Å². The number of ether oxygens (including phenoxy) is 1. The normalized spacial score (nSPS) is 22.7. The van der Waals surface area contributed by atoms with E-state index >= 15 is 0 Å². The molecule has 2 aromatic rings. The van der Waals surface area contributed by atoms with E-state index in [1.54, 1.807) is 0 Å². The molecule has 1 aliphatic rings. The second-order valence-corrected chi connectivity index (χ2v) is 12.1. The number of anilines is 1. The zero-order valence-electron chi connectivity index (χ0n) is 26.0. The number of nitrogens with zero attached hydrogens (tertiary/aromatic N) is 2. The number of rotatable bonds is 20. The van der Waals surface area contributed by atoms with Crippen LogP contribution in [0.25, 0.3) is 11.2 Å². The number of carbonyl (C=O) groups excluding carboxylic acids is 2. The second kappa shape index (κ2) is 18.8. The lowest BCUT2D eigenvalue weighted by Gasteiger charge is -2.43. The summed E-state index contributed by atoms with van der Waals surface area (Å²) in [4.78, 5) is 38.8. The van der Waals surface area contributed by atoms with Crippen LogP contribution < -0.4 is 20.9 Å². The van der Waals surface area contributed by atoms with E-state index in [1.165, 1.54) is 64.0 Å². The third-order valence-electron chi connectivity index (χ3n) is 8.01. The predicted molar refractivity (Wildman–Crippen MR) is 163 cm³/mol. The first-order valence-electron chi connectivity index (χ1n) is 16.0. The highest BCUT2D eigenvalue weighted by Gasteiger charge is 2.49. The molecule has 1 fully saturated rings. The van der Waals surface area contributed by atoms with Gasteiger partial charge in [0.05, 0.1) is 25.5 Å². The van der Waals surface area contributed by atoms with Crippen molar-refractivity contribution in [1.82, 2.24) is 25.6 Å². The van der Waals surface area contributed by atoms with Gasteiger partial charge in [-0.15, -0.1) is 0 Å². The van der Waals surface area contributed by atoms with Crippen molar-refractivity contribution in [1.29, 1.82) is 0 Å². The van der Waals surface area contributed by atoms with Gasteiger partial charge in [0.15, 0.2) is 5.52 Å². The van der Waals surface area contributed by atoms with Gasteiger partial charge in [0, 0.05) is 6.42 Å². The van der Waals surface area contributed by atoms with Crippen molar-refractivity contribution in [3.8, 4) is 0 Å². The maximum Gasteiger partial charge on any atom is 0.260 e. The van der Waals surface area contributed by atoms with Crippen molar-refractivity contribution in [3.63, 3.8) is 0 Å². The predicted octanol–water partition coefficient (Wildman–Crippen LogP) is 0.922. The Morgan fingerprint density at radius 3 is 2.30 bits per heavy atom. The van der Waals surface area contributed by atoms with E-state index < -0.39 is 49.2 Å². The Kier molecular flexibility index (Phi) is 15.2. The summed E-state index contributed by atoms with van der Waals surface area (Å²) in [5, 5.41) is 49.7. The van der Waals surface area contributed by atoms with Crippen molar-refractivity contribution in [2.75, 3.05) is 18.5 Å². The first kappa shape index (κ1) is 35.6. The number of hydrogen-bond donors (Lipinski definition) is 8. The van der Waals surface area contributed by atoms with Crippen LogP contribution in [0.2, 0.25) is 0 Å². The summed E-state index contributed by atoms with van der Waals surface area (Å²) >= 11 is 0. The van der Waals surface area contributed by atoms with E-state index in [4.69, 9.17) is 4.74 Å². The van der Waals surface area contributed by atoms with Gasteiger partial charge in [0.2, 0.25) is 24.4 Å². The molecule has 1 saturated heterocycles. The van der Waals surface area contributed by atoms with E-state index in [-0.39, 0.29) is 12.5 Å². The average Bonchev–Trinajstić information content (AvgIpc) is 3.50. The van der Waals surface area contributed by atoms with E-state index in [0.29, 0.717) is 23.4 Å². The Labute approximate surface area is 258 Å². The van der Waals surface area contributed by atoms with Crippen LogP contribution in [0.1, 0.15) is 90.9 Å². The summed E-state index contributed by atoms with van der Waals surface area (Å²) in [7, 11) is 0. The highest BCUT2D eigenvalue weighted by Crippen LogP contribution is 2.25. The fourth-order valence-corrected chi connectivity index (χ4v) is 5.45. The molecule has 0 bridgehead atoms. The summed E-state index contributed by atoms with van der Waals surface area (Å²) in [5.41, 5.74) is 0.881. The number of H-pyrrole nitrogens is 2. The van der Waals surface area contributed by atoms with Crippen molar-refractivity contribution < 1.29 is 39.7 Å². The van der Waals surface area contributed by atoms with Gasteiger partial charge in [-0.3, -0.25) is 14.9 Å². The monoisotopic (exact) mass is 622 g/mol. The van der Waals surface area contributed by atoms with Crippen LogP contribution in [0.5, 0.6) is 0 Å². The second-order valence-electron chi connectivity index (χ2n) is 12.1. The zero-order valence-corrected chi connectivity index (χ0v) is 26.0. The van der Waals surface area contributed by atoms with Crippen molar-refractivity contribution in [2.45, 2.75) is 128 Å². The highest BCUT2D eigenvalue weighted by atomic mass is 16.5. The van der Waals surface area contributed by atoms with Crippen LogP contribution in [-0.4, -0.2) is 97.0 Å². The Morgan fingerprint density at radius 2 is 1.64 bits per heavy atom. The number of carbonyl (C=O) groups is 2. The molecule has 0 aliphatic carbocycles. The molecule has 6 atom stereocenters. The third kappa shape index (κ3) is 11.2. The summed E-state index contributed by atoms with van der Waals surface area (Å²) in [6.07, 6.45) is 9.04.